The van der Waals surface area contributed by atoms with Crippen molar-refractivity contribution in [2.24, 2.45) is 0 Å². The molecule has 0 spiro atoms. The zero-order valence-electron chi connectivity index (χ0n) is 20.7. The average Bonchev–Trinajstić information content (AvgIpc) is 3.12. The molecule has 3 aromatic carbocycles. The summed E-state index contributed by atoms with van der Waals surface area (Å²) in [6.07, 6.45) is 0. The second kappa shape index (κ2) is 9.28. The molecule has 0 bridgehead atoms. The monoisotopic (exact) mass is 520 g/mol. The van der Waals surface area contributed by atoms with E-state index < -0.39 is 40.0 Å². The SMILES string of the molecule is Cc1ccc(S(=O)(=O)N2CCN(C(=O)CN3C(=O)NC(C)(c4ccc5ccccc5c4)C3=O)CC2)cc1. The summed E-state index contributed by atoms with van der Waals surface area (Å²) >= 11 is 0. The van der Waals surface area contributed by atoms with Gasteiger partial charge in [0.05, 0.1) is 4.90 Å². The molecule has 3 aromatic rings. The molecule has 5 rings (SSSR count). The number of aryl methyl sites for hydroxylation is 1. The molecule has 2 fully saturated rings. The Labute approximate surface area is 215 Å². The summed E-state index contributed by atoms with van der Waals surface area (Å²) in [6.45, 7) is 3.74. The number of hydrogen-bond donors (Lipinski definition) is 1. The van der Waals surface area contributed by atoms with Crippen LogP contribution in [0.1, 0.15) is 18.1 Å². The lowest BCUT2D eigenvalue weighted by Crippen LogP contribution is -2.53. The van der Waals surface area contributed by atoms with Crippen LogP contribution in [0.25, 0.3) is 10.8 Å². The van der Waals surface area contributed by atoms with Crippen molar-refractivity contribution in [2.45, 2.75) is 24.3 Å². The number of piperazine rings is 1. The summed E-state index contributed by atoms with van der Waals surface area (Å²) in [5.41, 5.74) is 0.309. The summed E-state index contributed by atoms with van der Waals surface area (Å²) in [4.78, 5) is 41.8. The van der Waals surface area contributed by atoms with E-state index in [1.54, 1.807) is 37.3 Å². The van der Waals surface area contributed by atoms with Gasteiger partial charge in [-0.25, -0.2) is 13.2 Å². The number of urea groups is 1. The molecule has 1 unspecified atom stereocenters. The van der Waals surface area contributed by atoms with Gasteiger partial charge in [-0.2, -0.15) is 4.31 Å². The quantitative estimate of drug-likeness (QED) is 0.520. The average molecular weight is 521 g/mol. The number of hydrogen-bond acceptors (Lipinski definition) is 5. The third-order valence-corrected chi connectivity index (χ3v) is 9.06. The van der Waals surface area contributed by atoms with Gasteiger partial charge in [-0.1, -0.05) is 54.1 Å². The number of carbonyl (C=O) groups is 3. The van der Waals surface area contributed by atoms with Crippen molar-refractivity contribution in [3.63, 3.8) is 0 Å². The molecule has 2 heterocycles. The van der Waals surface area contributed by atoms with Crippen LogP contribution >= 0.6 is 0 Å². The summed E-state index contributed by atoms with van der Waals surface area (Å²) in [7, 11) is -3.66. The first-order valence-electron chi connectivity index (χ1n) is 12.1. The van der Waals surface area contributed by atoms with Crippen molar-refractivity contribution in [2.75, 3.05) is 32.7 Å². The lowest BCUT2D eigenvalue weighted by atomic mass is 9.90. The molecule has 9 nitrogen and oxygen atoms in total. The Kier molecular flexibility index (Phi) is 6.25. The minimum atomic E-state index is -3.66. The van der Waals surface area contributed by atoms with Gasteiger partial charge < -0.3 is 10.2 Å². The molecule has 0 aromatic heterocycles. The zero-order chi connectivity index (χ0) is 26.4. The fourth-order valence-electron chi connectivity index (χ4n) is 4.81. The van der Waals surface area contributed by atoms with Crippen molar-refractivity contribution in [1.29, 1.82) is 0 Å². The molecule has 2 aliphatic heterocycles. The fraction of sp³-hybridized carbons (Fsp3) is 0.296. The van der Waals surface area contributed by atoms with Crippen LogP contribution < -0.4 is 5.32 Å². The second-order valence-corrected chi connectivity index (χ2v) is 11.5. The van der Waals surface area contributed by atoms with E-state index in [4.69, 9.17) is 0 Å². The van der Waals surface area contributed by atoms with Crippen LogP contribution in [-0.4, -0.2) is 73.1 Å². The number of amides is 4. The highest BCUT2D eigenvalue weighted by Gasteiger charge is 2.50. The molecule has 0 saturated carbocycles. The van der Waals surface area contributed by atoms with E-state index in [1.165, 1.54) is 9.21 Å². The lowest BCUT2D eigenvalue weighted by molar-refractivity contribution is -0.139. The predicted octanol–water partition coefficient (Wildman–Crippen LogP) is 2.45. The molecular weight excluding hydrogens is 492 g/mol. The van der Waals surface area contributed by atoms with E-state index in [0.29, 0.717) is 5.56 Å². The number of nitrogens with one attached hydrogen (secondary N) is 1. The second-order valence-electron chi connectivity index (χ2n) is 9.61. The summed E-state index contributed by atoms with van der Waals surface area (Å²) in [6, 6.07) is 19.3. The lowest BCUT2D eigenvalue weighted by Gasteiger charge is -2.34. The molecule has 192 valence electrons. The molecule has 37 heavy (non-hydrogen) atoms. The molecule has 2 aliphatic rings. The number of rotatable bonds is 5. The van der Waals surface area contributed by atoms with Gasteiger partial charge in [0.25, 0.3) is 5.91 Å². The van der Waals surface area contributed by atoms with Gasteiger partial charge in [0.15, 0.2) is 0 Å². The van der Waals surface area contributed by atoms with E-state index in [9.17, 15) is 22.8 Å². The highest BCUT2D eigenvalue weighted by Crippen LogP contribution is 2.31. The predicted molar refractivity (Wildman–Crippen MR) is 138 cm³/mol. The van der Waals surface area contributed by atoms with Gasteiger partial charge in [0.2, 0.25) is 15.9 Å². The van der Waals surface area contributed by atoms with Crippen LogP contribution in [0.4, 0.5) is 4.79 Å². The normalized spacial score (nSPS) is 20.9. The third-order valence-electron chi connectivity index (χ3n) is 7.15. The summed E-state index contributed by atoms with van der Waals surface area (Å²) in [5, 5.41) is 4.70. The van der Waals surface area contributed by atoms with Gasteiger partial charge in [0, 0.05) is 26.2 Å². The van der Waals surface area contributed by atoms with Gasteiger partial charge in [-0.3, -0.25) is 14.5 Å². The first-order chi connectivity index (χ1) is 17.6. The van der Waals surface area contributed by atoms with Crippen LogP contribution in [0, 0.1) is 6.92 Å². The van der Waals surface area contributed by atoms with Crippen LogP contribution in [0.2, 0.25) is 0 Å². The zero-order valence-corrected chi connectivity index (χ0v) is 21.5. The topological polar surface area (TPSA) is 107 Å². The van der Waals surface area contributed by atoms with Crippen LogP contribution in [-0.2, 0) is 25.2 Å². The standard InChI is InChI=1S/C27H28N4O5S/c1-19-7-11-23(12-8-19)37(35,36)30-15-13-29(14-16-30)24(32)18-31-25(33)27(2,28-26(31)34)22-10-9-20-5-3-4-6-21(20)17-22/h3-12,17H,13-16,18H2,1-2H3,(H,28,34). The number of nitrogens with zero attached hydrogens (tertiary/aromatic N) is 3. The van der Waals surface area contributed by atoms with E-state index in [0.717, 1.165) is 21.2 Å². The van der Waals surface area contributed by atoms with Crippen molar-refractivity contribution in [3.05, 3.63) is 77.9 Å². The highest BCUT2D eigenvalue weighted by molar-refractivity contribution is 7.89. The highest BCUT2D eigenvalue weighted by atomic mass is 32.2. The minimum Gasteiger partial charge on any atom is -0.338 e. The molecule has 1 atom stereocenters. The van der Waals surface area contributed by atoms with Crippen LogP contribution in [0.3, 0.4) is 0 Å². The first kappa shape index (κ1) is 24.9. The summed E-state index contributed by atoms with van der Waals surface area (Å²) in [5.74, 6) is -0.902. The maximum absolute atomic E-state index is 13.3. The van der Waals surface area contributed by atoms with Gasteiger partial charge in [0.1, 0.15) is 12.1 Å². The summed E-state index contributed by atoms with van der Waals surface area (Å²) < 4.78 is 27.2. The number of carbonyl (C=O) groups excluding carboxylic acids is 3. The maximum Gasteiger partial charge on any atom is 0.325 e. The van der Waals surface area contributed by atoms with Crippen molar-refractivity contribution >= 4 is 38.6 Å². The Morgan fingerprint density at radius 1 is 0.919 bits per heavy atom. The minimum absolute atomic E-state index is 0.136. The van der Waals surface area contributed by atoms with E-state index in [1.807, 2.05) is 43.3 Å². The van der Waals surface area contributed by atoms with Crippen molar-refractivity contribution in [3.8, 4) is 0 Å². The van der Waals surface area contributed by atoms with E-state index in [-0.39, 0.29) is 31.1 Å². The molecule has 0 aliphatic carbocycles. The van der Waals surface area contributed by atoms with Gasteiger partial charge in [-0.15, -0.1) is 0 Å². The Morgan fingerprint density at radius 3 is 2.24 bits per heavy atom. The molecule has 2 saturated heterocycles. The molecular formula is C27H28N4O5S. The maximum atomic E-state index is 13.3. The van der Waals surface area contributed by atoms with Gasteiger partial charge >= 0.3 is 6.03 Å². The largest absolute Gasteiger partial charge is 0.338 e. The van der Waals surface area contributed by atoms with Crippen molar-refractivity contribution < 1.29 is 22.8 Å². The Bertz CT molecular complexity index is 1500. The Balaban J connectivity index is 1.25. The van der Waals surface area contributed by atoms with E-state index in [2.05, 4.69) is 5.32 Å². The van der Waals surface area contributed by atoms with Crippen LogP contribution in [0.5, 0.6) is 0 Å². The fourth-order valence-corrected chi connectivity index (χ4v) is 6.23. The van der Waals surface area contributed by atoms with E-state index >= 15 is 0 Å². The number of sulfonamides is 1. The third kappa shape index (κ3) is 4.47. The number of fused-ring (bicyclic) bond motifs is 1. The molecule has 0 radical (unpaired) electrons. The molecule has 10 heteroatoms. The van der Waals surface area contributed by atoms with Gasteiger partial charge in [-0.05, 0) is 48.4 Å². The van der Waals surface area contributed by atoms with Crippen molar-refractivity contribution in [1.82, 2.24) is 19.4 Å². The number of imide groups is 1. The molecule has 1 N–H and O–H groups in total. The smallest absolute Gasteiger partial charge is 0.325 e. The molecule has 4 amide bonds. The number of benzene rings is 3. The Morgan fingerprint density at radius 2 is 1.57 bits per heavy atom. The Hall–Kier alpha value is -3.76. The van der Waals surface area contributed by atoms with Crippen LogP contribution in [0.15, 0.2) is 71.6 Å². The first-order valence-corrected chi connectivity index (χ1v) is 13.5.